The monoisotopic (exact) mass is 264 g/mol. The number of fused-ring (bicyclic) bond motifs is 1. The Labute approximate surface area is 113 Å². The van der Waals surface area contributed by atoms with Crippen LogP contribution in [0.4, 0.5) is 0 Å². The van der Waals surface area contributed by atoms with E-state index in [2.05, 4.69) is 25.2 Å². The summed E-state index contributed by atoms with van der Waals surface area (Å²) in [7, 11) is 2.63. The number of hydrogen-bond acceptors (Lipinski definition) is 4. The van der Waals surface area contributed by atoms with Gasteiger partial charge in [0, 0.05) is 0 Å². The lowest BCUT2D eigenvalue weighted by molar-refractivity contribution is -0.168. The molecule has 1 saturated carbocycles. The SMILES string of the molecule is COC(=O)C1(C(=O)OC)CC2=C[C@@H](C)CC=C[C@H]2C1. The van der Waals surface area contributed by atoms with Crippen molar-refractivity contribution in [2.24, 2.45) is 17.3 Å². The van der Waals surface area contributed by atoms with Crippen molar-refractivity contribution in [3.8, 4) is 0 Å². The van der Waals surface area contributed by atoms with Crippen LogP contribution in [-0.2, 0) is 19.1 Å². The van der Waals surface area contributed by atoms with E-state index in [1.807, 2.05) is 0 Å². The van der Waals surface area contributed by atoms with Gasteiger partial charge in [-0.1, -0.05) is 30.7 Å². The number of hydrogen-bond donors (Lipinski definition) is 0. The minimum Gasteiger partial charge on any atom is -0.468 e. The first kappa shape index (κ1) is 13.8. The average Bonchev–Trinajstić information content (AvgIpc) is 2.68. The summed E-state index contributed by atoms with van der Waals surface area (Å²) in [6.45, 7) is 2.13. The Hall–Kier alpha value is -1.58. The van der Waals surface area contributed by atoms with Crippen molar-refractivity contribution in [3.05, 3.63) is 23.8 Å². The van der Waals surface area contributed by atoms with Gasteiger partial charge < -0.3 is 9.47 Å². The molecule has 0 aromatic heterocycles. The summed E-state index contributed by atoms with van der Waals surface area (Å²) in [5.41, 5.74) is -0.0152. The predicted molar refractivity (Wildman–Crippen MR) is 70.2 cm³/mol. The normalized spacial score (nSPS) is 28.1. The molecular formula is C15H20O4. The molecule has 104 valence electrons. The highest BCUT2D eigenvalue weighted by Crippen LogP contribution is 2.49. The Morgan fingerprint density at radius 1 is 1.26 bits per heavy atom. The Bertz CT molecular complexity index is 431. The zero-order chi connectivity index (χ0) is 14.0. The minimum absolute atomic E-state index is 0.142. The number of esters is 2. The fraction of sp³-hybridized carbons (Fsp3) is 0.600. The fourth-order valence-electron chi connectivity index (χ4n) is 3.11. The van der Waals surface area contributed by atoms with E-state index in [1.54, 1.807) is 0 Å². The maximum Gasteiger partial charge on any atom is 0.323 e. The molecule has 1 fully saturated rings. The lowest BCUT2D eigenvalue weighted by Crippen LogP contribution is -2.39. The molecule has 2 rings (SSSR count). The van der Waals surface area contributed by atoms with Gasteiger partial charge in [0.2, 0.25) is 0 Å². The van der Waals surface area contributed by atoms with Gasteiger partial charge in [0.25, 0.3) is 0 Å². The third-order valence-electron chi connectivity index (χ3n) is 4.08. The summed E-state index contributed by atoms with van der Waals surface area (Å²) < 4.78 is 9.67. The first-order valence-electron chi connectivity index (χ1n) is 6.57. The van der Waals surface area contributed by atoms with E-state index in [-0.39, 0.29) is 5.92 Å². The van der Waals surface area contributed by atoms with E-state index in [1.165, 1.54) is 14.2 Å². The molecule has 0 aromatic rings. The van der Waals surface area contributed by atoms with Crippen molar-refractivity contribution in [1.82, 2.24) is 0 Å². The van der Waals surface area contributed by atoms with Gasteiger partial charge in [0.1, 0.15) is 0 Å². The van der Waals surface area contributed by atoms with E-state index in [9.17, 15) is 9.59 Å². The predicted octanol–water partition coefficient (Wildman–Crippen LogP) is 2.25. The van der Waals surface area contributed by atoms with E-state index in [0.717, 1.165) is 12.0 Å². The molecule has 0 radical (unpaired) electrons. The second-order valence-corrected chi connectivity index (χ2v) is 5.44. The maximum absolute atomic E-state index is 12.1. The summed E-state index contributed by atoms with van der Waals surface area (Å²) in [5.74, 6) is -0.408. The number of methoxy groups -OCH3 is 2. The number of carbonyl (C=O) groups is 2. The fourth-order valence-corrected chi connectivity index (χ4v) is 3.11. The highest BCUT2D eigenvalue weighted by molar-refractivity contribution is 6.01. The molecule has 0 aliphatic heterocycles. The summed E-state index contributed by atoms with van der Waals surface area (Å²) in [6, 6.07) is 0. The van der Waals surface area contributed by atoms with Gasteiger partial charge in [-0.3, -0.25) is 9.59 Å². The molecule has 0 heterocycles. The second kappa shape index (κ2) is 5.19. The number of ether oxygens (including phenoxy) is 2. The molecular weight excluding hydrogens is 244 g/mol. The third kappa shape index (κ3) is 2.31. The molecule has 0 unspecified atom stereocenters. The molecule has 0 aromatic carbocycles. The van der Waals surface area contributed by atoms with Crippen molar-refractivity contribution >= 4 is 11.9 Å². The molecule has 4 heteroatoms. The van der Waals surface area contributed by atoms with Gasteiger partial charge >= 0.3 is 11.9 Å². The lowest BCUT2D eigenvalue weighted by atomic mass is 9.85. The largest absolute Gasteiger partial charge is 0.468 e. The number of carbonyl (C=O) groups excluding carboxylic acids is 2. The molecule has 0 amide bonds. The van der Waals surface area contributed by atoms with Crippen molar-refractivity contribution in [1.29, 1.82) is 0 Å². The third-order valence-corrected chi connectivity index (χ3v) is 4.08. The molecule has 2 atom stereocenters. The van der Waals surface area contributed by atoms with Gasteiger partial charge in [-0.2, -0.15) is 0 Å². The zero-order valence-corrected chi connectivity index (χ0v) is 11.6. The van der Waals surface area contributed by atoms with Crippen LogP contribution in [0, 0.1) is 17.3 Å². The van der Waals surface area contributed by atoms with Gasteiger partial charge in [-0.05, 0) is 31.1 Å². The number of rotatable bonds is 2. The van der Waals surface area contributed by atoms with Gasteiger partial charge in [-0.15, -0.1) is 0 Å². The Morgan fingerprint density at radius 2 is 1.89 bits per heavy atom. The topological polar surface area (TPSA) is 52.6 Å². The summed E-state index contributed by atoms with van der Waals surface area (Å²) in [4.78, 5) is 24.1. The van der Waals surface area contributed by atoms with Crippen LogP contribution in [0.25, 0.3) is 0 Å². The Balaban J connectivity index is 2.37. The van der Waals surface area contributed by atoms with Crippen LogP contribution in [-0.4, -0.2) is 26.2 Å². The van der Waals surface area contributed by atoms with E-state index in [4.69, 9.17) is 9.47 Å². The van der Waals surface area contributed by atoms with E-state index < -0.39 is 17.4 Å². The van der Waals surface area contributed by atoms with Gasteiger partial charge in [0.15, 0.2) is 5.41 Å². The highest BCUT2D eigenvalue weighted by Gasteiger charge is 2.55. The minimum atomic E-state index is -1.17. The maximum atomic E-state index is 12.1. The number of allylic oxidation sites excluding steroid dienone is 4. The zero-order valence-electron chi connectivity index (χ0n) is 11.6. The standard InChI is InChI=1S/C15H20O4/c1-10-5-4-6-11-8-15(13(16)18-2,14(17)19-3)9-12(11)7-10/h4,6-7,10-11H,5,8-9H2,1-3H3/t10-,11-/m0/s1. The summed E-state index contributed by atoms with van der Waals surface area (Å²) in [5, 5.41) is 0. The highest BCUT2D eigenvalue weighted by atomic mass is 16.5. The van der Waals surface area contributed by atoms with Crippen molar-refractivity contribution < 1.29 is 19.1 Å². The van der Waals surface area contributed by atoms with Gasteiger partial charge in [-0.25, -0.2) is 0 Å². The average molecular weight is 264 g/mol. The van der Waals surface area contributed by atoms with Crippen LogP contribution >= 0.6 is 0 Å². The van der Waals surface area contributed by atoms with E-state index in [0.29, 0.717) is 18.8 Å². The van der Waals surface area contributed by atoms with Crippen LogP contribution < -0.4 is 0 Å². The van der Waals surface area contributed by atoms with Crippen molar-refractivity contribution in [2.45, 2.75) is 26.2 Å². The Morgan fingerprint density at radius 3 is 2.47 bits per heavy atom. The van der Waals surface area contributed by atoms with Crippen LogP contribution in [0.5, 0.6) is 0 Å². The molecule has 2 aliphatic rings. The molecule has 0 saturated heterocycles. The first-order valence-corrected chi connectivity index (χ1v) is 6.57. The molecule has 4 nitrogen and oxygen atoms in total. The quantitative estimate of drug-likeness (QED) is 0.436. The summed E-state index contributed by atoms with van der Waals surface area (Å²) >= 11 is 0. The molecule has 0 N–H and O–H groups in total. The van der Waals surface area contributed by atoms with Crippen molar-refractivity contribution in [2.75, 3.05) is 14.2 Å². The van der Waals surface area contributed by atoms with Crippen LogP contribution in [0.2, 0.25) is 0 Å². The van der Waals surface area contributed by atoms with Gasteiger partial charge in [0.05, 0.1) is 14.2 Å². The summed E-state index contributed by atoms with van der Waals surface area (Å²) in [6.07, 6.45) is 8.27. The van der Waals surface area contributed by atoms with E-state index >= 15 is 0 Å². The first-order chi connectivity index (χ1) is 9.03. The van der Waals surface area contributed by atoms with Crippen LogP contribution in [0.1, 0.15) is 26.2 Å². The van der Waals surface area contributed by atoms with Crippen LogP contribution in [0.3, 0.4) is 0 Å². The lowest BCUT2D eigenvalue weighted by Gasteiger charge is -2.22. The molecule has 0 bridgehead atoms. The van der Waals surface area contributed by atoms with Crippen molar-refractivity contribution in [3.63, 3.8) is 0 Å². The second-order valence-electron chi connectivity index (χ2n) is 5.44. The molecule has 19 heavy (non-hydrogen) atoms. The smallest absolute Gasteiger partial charge is 0.323 e. The molecule has 0 spiro atoms. The Kier molecular flexibility index (Phi) is 3.78. The van der Waals surface area contributed by atoms with Crippen LogP contribution in [0.15, 0.2) is 23.8 Å². The molecule has 2 aliphatic carbocycles.